The third-order valence-electron chi connectivity index (χ3n) is 7.16. The van der Waals surface area contributed by atoms with Crippen LogP contribution in [0.2, 0.25) is 5.02 Å². The molecule has 156 valence electrons. The molecule has 2 saturated carbocycles. The highest BCUT2D eigenvalue weighted by atomic mass is 35.5. The first-order valence-corrected chi connectivity index (χ1v) is 11.1. The number of carbonyl (C=O) groups is 2. The van der Waals surface area contributed by atoms with E-state index in [1.165, 1.54) is 0 Å². The van der Waals surface area contributed by atoms with Gasteiger partial charge in [-0.15, -0.1) is 0 Å². The number of halogens is 1. The molecule has 0 aromatic heterocycles. The molecule has 6 unspecified atom stereocenters. The Morgan fingerprint density at radius 1 is 0.935 bits per heavy atom. The number of imide groups is 1. The lowest BCUT2D eigenvalue weighted by Gasteiger charge is -2.37. The summed E-state index contributed by atoms with van der Waals surface area (Å²) in [5.74, 6) is 1.64. The first-order chi connectivity index (χ1) is 15.1. The second-order valence-electron chi connectivity index (χ2n) is 8.87. The molecule has 2 amide bonds. The van der Waals surface area contributed by atoms with Crippen molar-refractivity contribution in [1.29, 1.82) is 0 Å². The van der Waals surface area contributed by atoms with Gasteiger partial charge in [0.15, 0.2) is 0 Å². The van der Waals surface area contributed by atoms with Crippen LogP contribution in [0.5, 0.6) is 5.75 Å². The summed E-state index contributed by atoms with van der Waals surface area (Å²) >= 11 is 5.90. The molecule has 1 heterocycles. The van der Waals surface area contributed by atoms with Crippen molar-refractivity contribution in [2.24, 2.45) is 40.6 Å². The Kier molecular flexibility index (Phi) is 4.29. The predicted molar refractivity (Wildman–Crippen MR) is 116 cm³/mol. The topological polar surface area (TPSA) is 59.0 Å². The molecule has 5 aliphatic rings. The summed E-state index contributed by atoms with van der Waals surface area (Å²) in [5.41, 5.74) is 1.84. The fraction of sp³-hybridized carbons (Fsp3) is 0.320. The van der Waals surface area contributed by atoms with Crippen LogP contribution in [0.25, 0.3) is 0 Å². The van der Waals surface area contributed by atoms with Gasteiger partial charge < -0.3 is 4.74 Å². The number of ether oxygens (including phenoxy) is 1. The normalized spacial score (nSPS) is 32.5. The molecule has 6 heteroatoms. The highest BCUT2D eigenvalue weighted by Gasteiger charge is 2.67. The quantitative estimate of drug-likeness (QED) is 0.402. The van der Waals surface area contributed by atoms with Crippen LogP contribution in [0.15, 0.2) is 65.8 Å². The summed E-state index contributed by atoms with van der Waals surface area (Å²) in [7, 11) is 0. The van der Waals surface area contributed by atoms with Gasteiger partial charge in [-0.25, -0.2) is 0 Å². The molecule has 2 aromatic rings. The van der Waals surface area contributed by atoms with Crippen LogP contribution in [0.4, 0.5) is 0 Å². The summed E-state index contributed by atoms with van der Waals surface area (Å²) < 4.78 is 5.79. The number of hydrogen-bond acceptors (Lipinski definition) is 4. The van der Waals surface area contributed by atoms with Gasteiger partial charge in [0.25, 0.3) is 11.8 Å². The van der Waals surface area contributed by atoms with Gasteiger partial charge >= 0.3 is 0 Å². The SMILES string of the molecule is O=C1C2C3C=CC(C4CC34)C2C(=O)N1/N=C/c1ccc(OCc2ccc(Cl)cc2)cc1. The average Bonchev–Trinajstić information content (AvgIpc) is 3.57. The maximum Gasteiger partial charge on any atom is 0.254 e. The van der Waals surface area contributed by atoms with Gasteiger partial charge in [-0.1, -0.05) is 35.9 Å². The molecule has 6 atom stereocenters. The molecule has 3 fully saturated rings. The second-order valence-corrected chi connectivity index (χ2v) is 9.31. The maximum atomic E-state index is 12.9. The van der Waals surface area contributed by atoms with Gasteiger partial charge in [-0.2, -0.15) is 10.1 Å². The zero-order valence-electron chi connectivity index (χ0n) is 16.7. The Bertz CT molecular complexity index is 1070. The van der Waals surface area contributed by atoms with Crippen molar-refractivity contribution in [1.82, 2.24) is 5.01 Å². The Balaban J connectivity index is 1.12. The third-order valence-corrected chi connectivity index (χ3v) is 7.41. The van der Waals surface area contributed by atoms with Crippen LogP contribution in [0.1, 0.15) is 17.5 Å². The van der Waals surface area contributed by atoms with Crippen LogP contribution in [0, 0.1) is 35.5 Å². The lowest BCUT2D eigenvalue weighted by molar-refractivity contribution is -0.140. The summed E-state index contributed by atoms with van der Waals surface area (Å²) in [6.45, 7) is 0.447. The fourth-order valence-corrected chi connectivity index (χ4v) is 5.70. The van der Waals surface area contributed by atoms with E-state index in [1.807, 2.05) is 48.5 Å². The first-order valence-electron chi connectivity index (χ1n) is 10.7. The number of carbonyl (C=O) groups excluding carboxylic acids is 2. The van der Waals surface area contributed by atoms with E-state index in [0.717, 1.165) is 28.3 Å². The minimum Gasteiger partial charge on any atom is -0.489 e. The van der Waals surface area contributed by atoms with Gasteiger partial charge in [0.2, 0.25) is 0 Å². The fourth-order valence-electron chi connectivity index (χ4n) is 5.58. The van der Waals surface area contributed by atoms with Crippen molar-refractivity contribution >= 4 is 29.6 Å². The molecule has 0 spiro atoms. The molecule has 0 N–H and O–H groups in total. The highest BCUT2D eigenvalue weighted by molar-refractivity contribution is 6.30. The van der Waals surface area contributed by atoms with Gasteiger partial charge in [0.1, 0.15) is 12.4 Å². The summed E-state index contributed by atoms with van der Waals surface area (Å²) in [5, 5.41) is 6.08. The van der Waals surface area contributed by atoms with Crippen LogP contribution < -0.4 is 4.74 Å². The molecule has 4 aliphatic carbocycles. The van der Waals surface area contributed by atoms with Crippen molar-refractivity contribution in [3.63, 3.8) is 0 Å². The standard InChI is InChI=1S/C25H21ClN2O3/c26-16-5-1-15(2-6-16)13-31-17-7-3-14(4-8-17)12-27-28-24(29)22-18-9-10-19(21-11-20(18)21)23(22)25(28)30/h1-10,12,18-23H,11,13H2/b27-12+. The van der Waals surface area contributed by atoms with Crippen molar-refractivity contribution < 1.29 is 14.3 Å². The van der Waals surface area contributed by atoms with Crippen LogP contribution >= 0.6 is 11.6 Å². The van der Waals surface area contributed by atoms with E-state index in [2.05, 4.69) is 17.3 Å². The Hall–Kier alpha value is -2.92. The van der Waals surface area contributed by atoms with E-state index in [1.54, 1.807) is 6.21 Å². The van der Waals surface area contributed by atoms with E-state index in [-0.39, 0.29) is 35.5 Å². The number of amides is 2. The molecule has 1 saturated heterocycles. The van der Waals surface area contributed by atoms with E-state index in [4.69, 9.17) is 16.3 Å². The molecule has 1 aliphatic heterocycles. The molecule has 2 bridgehead atoms. The molecule has 5 nitrogen and oxygen atoms in total. The van der Waals surface area contributed by atoms with Crippen LogP contribution in [-0.4, -0.2) is 23.0 Å². The lowest BCUT2D eigenvalue weighted by atomic mass is 9.63. The van der Waals surface area contributed by atoms with E-state index in [0.29, 0.717) is 23.5 Å². The number of hydrazone groups is 1. The smallest absolute Gasteiger partial charge is 0.254 e. The number of nitrogens with zero attached hydrogens (tertiary/aromatic N) is 2. The Morgan fingerprint density at radius 3 is 2.16 bits per heavy atom. The van der Waals surface area contributed by atoms with Gasteiger partial charge in [0, 0.05) is 5.02 Å². The number of allylic oxidation sites excluding steroid dienone is 2. The molecule has 31 heavy (non-hydrogen) atoms. The van der Waals surface area contributed by atoms with E-state index in [9.17, 15) is 9.59 Å². The maximum absolute atomic E-state index is 12.9. The van der Waals surface area contributed by atoms with Crippen molar-refractivity contribution in [3.8, 4) is 5.75 Å². The van der Waals surface area contributed by atoms with Gasteiger partial charge in [-0.3, -0.25) is 9.59 Å². The molecule has 0 radical (unpaired) electrons. The summed E-state index contributed by atoms with van der Waals surface area (Å²) in [6, 6.07) is 14.9. The van der Waals surface area contributed by atoms with Crippen LogP contribution in [0.3, 0.4) is 0 Å². The second kappa shape index (κ2) is 7.06. The van der Waals surface area contributed by atoms with Crippen molar-refractivity contribution in [2.45, 2.75) is 13.0 Å². The Morgan fingerprint density at radius 2 is 1.55 bits per heavy atom. The molecule has 7 rings (SSSR count). The average molecular weight is 433 g/mol. The zero-order chi connectivity index (χ0) is 21.1. The third kappa shape index (κ3) is 3.10. The van der Waals surface area contributed by atoms with Gasteiger partial charge in [-0.05, 0) is 77.6 Å². The summed E-state index contributed by atoms with van der Waals surface area (Å²) in [6.07, 6.45) is 7.07. The largest absolute Gasteiger partial charge is 0.489 e. The first kappa shape index (κ1) is 18.8. The Labute approximate surface area is 185 Å². The number of benzene rings is 2. The van der Waals surface area contributed by atoms with Crippen molar-refractivity contribution in [3.05, 3.63) is 76.8 Å². The van der Waals surface area contributed by atoms with Crippen molar-refractivity contribution in [2.75, 3.05) is 0 Å². The predicted octanol–water partition coefficient (Wildman–Crippen LogP) is 4.31. The summed E-state index contributed by atoms with van der Waals surface area (Å²) in [4.78, 5) is 25.9. The minimum absolute atomic E-state index is 0.140. The lowest BCUT2D eigenvalue weighted by Crippen LogP contribution is -2.40. The van der Waals surface area contributed by atoms with Crippen LogP contribution in [-0.2, 0) is 16.2 Å². The number of rotatable bonds is 5. The number of hydrogen-bond donors (Lipinski definition) is 0. The van der Waals surface area contributed by atoms with E-state index >= 15 is 0 Å². The zero-order valence-corrected chi connectivity index (χ0v) is 17.5. The van der Waals surface area contributed by atoms with Gasteiger partial charge in [0.05, 0.1) is 18.1 Å². The minimum atomic E-state index is -0.216. The highest BCUT2D eigenvalue weighted by Crippen LogP contribution is 2.65. The molecular weight excluding hydrogens is 412 g/mol. The molecular formula is C25H21ClN2O3. The van der Waals surface area contributed by atoms with E-state index < -0.39 is 0 Å². The monoisotopic (exact) mass is 432 g/mol. The molecule has 2 aromatic carbocycles.